The van der Waals surface area contributed by atoms with Crippen molar-refractivity contribution in [1.29, 1.82) is 0 Å². The average Bonchev–Trinajstić information content (AvgIpc) is 3.11. The van der Waals surface area contributed by atoms with E-state index in [0.717, 1.165) is 35.6 Å². The van der Waals surface area contributed by atoms with Crippen LogP contribution in [0.25, 0.3) is 11.0 Å². The molecule has 4 heteroatoms. The van der Waals surface area contributed by atoms with Crippen LogP contribution in [-0.4, -0.2) is 9.55 Å². The molecule has 0 radical (unpaired) electrons. The van der Waals surface area contributed by atoms with Crippen molar-refractivity contribution in [1.82, 2.24) is 9.55 Å². The molecule has 4 rings (SSSR count). The third-order valence-corrected chi connectivity index (χ3v) is 5.67. The Labute approximate surface area is 176 Å². The minimum absolute atomic E-state index is 0.404. The fourth-order valence-electron chi connectivity index (χ4n) is 3.46. The summed E-state index contributed by atoms with van der Waals surface area (Å²) in [5, 5.41) is 0.699. The molecule has 4 aromatic rings. The molecule has 0 fully saturated rings. The molecule has 1 aromatic heterocycles. The maximum absolute atomic E-state index is 5.98. The summed E-state index contributed by atoms with van der Waals surface area (Å²) in [5.74, 6) is 2.28. The van der Waals surface area contributed by atoms with Gasteiger partial charge in [-0.3, -0.25) is 0 Å². The number of imidazole rings is 1. The Balaban J connectivity index is 1.60. The van der Waals surface area contributed by atoms with Gasteiger partial charge in [-0.1, -0.05) is 61.8 Å². The van der Waals surface area contributed by atoms with E-state index in [1.165, 1.54) is 11.1 Å². The Hall–Kier alpha value is -2.78. The molecule has 29 heavy (non-hydrogen) atoms. The second kappa shape index (κ2) is 8.71. The number of para-hydroxylation sites is 2. The summed E-state index contributed by atoms with van der Waals surface area (Å²) in [6.45, 7) is 5.66. The van der Waals surface area contributed by atoms with Crippen LogP contribution < -0.4 is 4.74 Å². The summed E-state index contributed by atoms with van der Waals surface area (Å²) in [6.07, 6.45) is 1.15. The highest BCUT2D eigenvalue weighted by molar-refractivity contribution is 6.30. The first-order chi connectivity index (χ1) is 14.1. The third kappa shape index (κ3) is 4.46. The van der Waals surface area contributed by atoms with Crippen LogP contribution >= 0.6 is 11.6 Å². The van der Waals surface area contributed by atoms with Crippen molar-refractivity contribution in [2.45, 2.75) is 39.3 Å². The van der Waals surface area contributed by atoms with Gasteiger partial charge in [-0.25, -0.2) is 4.98 Å². The lowest BCUT2D eigenvalue weighted by Gasteiger charge is -2.13. The molecule has 0 amide bonds. The number of nitrogens with zero attached hydrogens (tertiary/aromatic N) is 2. The molecule has 0 bridgehead atoms. The topological polar surface area (TPSA) is 27.1 Å². The second-order valence-electron chi connectivity index (χ2n) is 7.40. The lowest BCUT2D eigenvalue weighted by atomic mass is 9.98. The Morgan fingerprint density at radius 2 is 1.69 bits per heavy atom. The van der Waals surface area contributed by atoms with Crippen molar-refractivity contribution < 1.29 is 4.74 Å². The van der Waals surface area contributed by atoms with E-state index in [4.69, 9.17) is 21.3 Å². The molecule has 0 aliphatic carbocycles. The van der Waals surface area contributed by atoms with Gasteiger partial charge in [0.05, 0.1) is 11.0 Å². The predicted octanol–water partition coefficient (Wildman–Crippen LogP) is 6.83. The van der Waals surface area contributed by atoms with Crippen LogP contribution in [0.4, 0.5) is 0 Å². The fourth-order valence-corrected chi connectivity index (χ4v) is 3.59. The standard InChI is InChI=1S/C25H25ClN2O/c1-3-18(2)20-10-8-19(9-11-20)16-28-24-7-5-4-6-23(24)27-25(28)17-29-22-14-12-21(26)13-15-22/h4-15,18H,3,16-17H2,1-2H3/t18-/m1/s1. The molecule has 0 saturated heterocycles. The Kier molecular flexibility index (Phi) is 5.86. The number of halogens is 1. The van der Waals surface area contributed by atoms with E-state index < -0.39 is 0 Å². The van der Waals surface area contributed by atoms with Crippen LogP contribution in [0.2, 0.25) is 5.02 Å². The molecule has 148 valence electrons. The van der Waals surface area contributed by atoms with Gasteiger partial charge in [0.15, 0.2) is 0 Å². The largest absolute Gasteiger partial charge is 0.486 e. The maximum atomic E-state index is 5.98. The highest BCUT2D eigenvalue weighted by Crippen LogP contribution is 2.23. The second-order valence-corrected chi connectivity index (χ2v) is 7.83. The first kappa shape index (κ1) is 19.5. The zero-order valence-corrected chi connectivity index (χ0v) is 17.6. The normalized spacial score (nSPS) is 12.2. The van der Waals surface area contributed by atoms with Gasteiger partial charge in [-0.15, -0.1) is 0 Å². The van der Waals surface area contributed by atoms with E-state index in [0.29, 0.717) is 17.5 Å². The van der Waals surface area contributed by atoms with Crippen molar-refractivity contribution in [3.05, 3.63) is 94.8 Å². The van der Waals surface area contributed by atoms with Gasteiger partial charge in [0.1, 0.15) is 18.2 Å². The van der Waals surface area contributed by atoms with Gasteiger partial charge in [0.25, 0.3) is 0 Å². The Morgan fingerprint density at radius 1 is 0.966 bits per heavy atom. The Morgan fingerprint density at radius 3 is 2.41 bits per heavy atom. The van der Waals surface area contributed by atoms with Gasteiger partial charge in [0.2, 0.25) is 0 Å². The number of ether oxygens (including phenoxy) is 1. The molecule has 0 spiro atoms. The van der Waals surface area contributed by atoms with Crippen LogP contribution in [0.5, 0.6) is 5.75 Å². The number of rotatable bonds is 7. The van der Waals surface area contributed by atoms with Gasteiger partial charge < -0.3 is 9.30 Å². The maximum Gasteiger partial charge on any atom is 0.148 e. The summed E-state index contributed by atoms with van der Waals surface area (Å²) < 4.78 is 8.22. The first-order valence-corrected chi connectivity index (χ1v) is 10.4. The van der Waals surface area contributed by atoms with E-state index >= 15 is 0 Å². The number of fused-ring (bicyclic) bond motifs is 1. The van der Waals surface area contributed by atoms with Gasteiger partial charge >= 0.3 is 0 Å². The molecule has 3 nitrogen and oxygen atoms in total. The van der Waals surface area contributed by atoms with Crippen molar-refractivity contribution in [2.24, 2.45) is 0 Å². The minimum atomic E-state index is 0.404. The third-order valence-electron chi connectivity index (χ3n) is 5.42. The molecule has 0 aliphatic heterocycles. The Bertz CT molecular complexity index is 1080. The smallest absolute Gasteiger partial charge is 0.148 e. The fraction of sp³-hybridized carbons (Fsp3) is 0.240. The van der Waals surface area contributed by atoms with Crippen LogP contribution in [0, 0.1) is 0 Å². The number of aromatic nitrogens is 2. The highest BCUT2D eigenvalue weighted by Gasteiger charge is 2.12. The zero-order chi connectivity index (χ0) is 20.2. The summed E-state index contributed by atoms with van der Waals surface area (Å²) in [7, 11) is 0. The van der Waals surface area contributed by atoms with E-state index in [1.54, 1.807) is 0 Å². The lowest BCUT2D eigenvalue weighted by Crippen LogP contribution is -2.08. The number of benzene rings is 3. The molecule has 1 atom stereocenters. The number of hydrogen-bond donors (Lipinski definition) is 0. The highest BCUT2D eigenvalue weighted by atomic mass is 35.5. The zero-order valence-electron chi connectivity index (χ0n) is 16.8. The van der Waals surface area contributed by atoms with Crippen LogP contribution in [0.3, 0.4) is 0 Å². The molecular weight excluding hydrogens is 380 g/mol. The van der Waals surface area contributed by atoms with E-state index in [1.807, 2.05) is 36.4 Å². The molecular formula is C25H25ClN2O. The van der Waals surface area contributed by atoms with Crippen LogP contribution in [0.1, 0.15) is 43.1 Å². The van der Waals surface area contributed by atoms with Crippen LogP contribution in [-0.2, 0) is 13.2 Å². The molecule has 3 aromatic carbocycles. The molecule has 0 N–H and O–H groups in total. The monoisotopic (exact) mass is 404 g/mol. The number of hydrogen-bond acceptors (Lipinski definition) is 2. The average molecular weight is 405 g/mol. The van der Waals surface area contributed by atoms with Crippen LogP contribution in [0.15, 0.2) is 72.8 Å². The predicted molar refractivity (Wildman–Crippen MR) is 120 cm³/mol. The first-order valence-electron chi connectivity index (χ1n) is 10.1. The van der Waals surface area contributed by atoms with Crippen molar-refractivity contribution in [2.75, 3.05) is 0 Å². The molecule has 0 aliphatic rings. The van der Waals surface area contributed by atoms with E-state index in [-0.39, 0.29) is 0 Å². The van der Waals surface area contributed by atoms with Crippen molar-refractivity contribution >= 4 is 22.6 Å². The minimum Gasteiger partial charge on any atom is -0.486 e. The molecule has 0 saturated carbocycles. The van der Waals surface area contributed by atoms with E-state index in [2.05, 4.69) is 54.8 Å². The molecule has 0 unspecified atom stereocenters. The summed E-state index contributed by atoms with van der Waals surface area (Å²) >= 11 is 5.97. The summed E-state index contributed by atoms with van der Waals surface area (Å²) in [5.41, 5.74) is 4.75. The van der Waals surface area contributed by atoms with Crippen molar-refractivity contribution in [3.8, 4) is 5.75 Å². The van der Waals surface area contributed by atoms with E-state index in [9.17, 15) is 0 Å². The van der Waals surface area contributed by atoms with Gasteiger partial charge in [-0.2, -0.15) is 0 Å². The van der Waals surface area contributed by atoms with Crippen molar-refractivity contribution in [3.63, 3.8) is 0 Å². The summed E-state index contributed by atoms with van der Waals surface area (Å²) in [4.78, 5) is 4.81. The SMILES string of the molecule is CC[C@@H](C)c1ccc(Cn2c(COc3ccc(Cl)cc3)nc3ccccc32)cc1. The lowest BCUT2D eigenvalue weighted by molar-refractivity contribution is 0.291. The van der Waals surface area contributed by atoms with Gasteiger partial charge in [0, 0.05) is 11.6 Å². The molecule has 1 heterocycles. The quantitative estimate of drug-likeness (QED) is 0.337. The van der Waals surface area contributed by atoms with Gasteiger partial charge in [-0.05, 0) is 59.9 Å². The summed E-state index contributed by atoms with van der Waals surface area (Å²) in [6, 6.07) is 24.6.